The van der Waals surface area contributed by atoms with Gasteiger partial charge in [-0.05, 0) is 19.1 Å². The van der Waals surface area contributed by atoms with Crippen LogP contribution >= 0.6 is 0 Å². The van der Waals surface area contributed by atoms with Gasteiger partial charge in [0.05, 0.1) is 5.92 Å². The predicted molar refractivity (Wildman–Crippen MR) is 72.0 cm³/mol. The molecule has 2 aromatic rings. The van der Waals surface area contributed by atoms with Gasteiger partial charge in [0.2, 0.25) is 0 Å². The van der Waals surface area contributed by atoms with Crippen LogP contribution in [0.4, 0.5) is 5.82 Å². The topological polar surface area (TPSA) is 79.2 Å². The molecule has 0 saturated carbocycles. The highest BCUT2D eigenvalue weighted by atomic mass is 16.4. The molecule has 0 radical (unpaired) electrons. The Hall–Kier alpha value is -2.24. The molecular formula is C13H16N4O2. The fraction of sp³-hybridized carbons (Fsp3) is 0.385. The Morgan fingerprint density at radius 1 is 1.37 bits per heavy atom. The second-order valence-corrected chi connectivity index (χ2v) is 4.35. The fourth-order valence-electron chi connectivity index (χ4n) is 1.81. The molecule has 0 aliphatic rings. The molecule has 0 saturated heterocycles. The van der Waals surface area contributed by atoms with E-state index in [0.29, 0.717) is 18.7 Å². The number of pyridine rings is 1. The highest BCUT2D eigenvalue weighted by Crippen LogP contribution is 2.16. The van der Waals surface area contributed by atoms with Gasteiger partial charge >= 0.3 is 5.97 Å². The smallest absolute Gasteiger partial charge is 0.308 e. The summed E-state index contributed by atoms with van der Waals surface area (Å²) < 4.78 is 0. The number of aromatic nitrogens is 3. The maximum atomic E-state index is 10.9. The van der Waals surface area contributed by atoms with Gasteiger partial charge in [0.25, 0.3) is 0 Å². The molecule has 0 spiro atoms. The minimum absolute atomic E-state index is 0.421. The molecule has 1 unspecified atom stereocenters. The average molecular weight is 260 g/mol. The largest absolute Gasteiger partial charge is 0.481 e. The van der Waals surface area contributed by atoms with E-state index in [0.717, 1.165) is 11.3 Å². The van der Waals surface area contributed by atoms with Gasteiger partial charge in [-0.25, -0.2) is 9.97 Å². The van der Waals surface area contributed by atoms with Crippen molar-refractivity contribution in [1.29, 1.82) is 0 Å². The molecular weight excluding hydrogens is 244 g/mol. The van der Waals surface area contributed by atoms with Gasteiger partial charge in [0, 0.05) is 25.5 Å². The summed E-state index contributed by atoms with van der Waals surface area (Å²) in [5.41, 5.74) is 1.30. The SMILES string of the molecule is CCN(CC(C)C(=O)O)c1ccc2nccnc2n1. The summed E-state index contributed by atoms with van der Waals surface area (Å²) in [6.07, 6.45) is 3.21. The molecule has 0 bridgehead atoms. The number of aliphatic carboxylic acids is 1. The zero-order valence-corrected chi connectivity index (χ0v) is 10.9. The Bertz CT molecular complexity index is 588. The molecule has 100 valence electrons. The third-order valence-corrected chi connectivity index (χ3v) is 2.94. The van der Waals surface area contributed by atoms with Gasteiger partial charge in [0.1, 0.15) is 11.3 Å². The van der Waals surface area contributed by atoms with E-state index in [2.05, 4.69) is 15.0 Å². The van der Waals surface area contributed by atoms with E-state index in [1.54, 1.807) is 19.3 Å². The van der Waals surface area contributed by atoms with E-state index in [1.807, 2.05) is 24.0 Å². The lowest BCUT2D eigenvalue weighted by Gasteiger charge is -2.23. The van der Waals surface area contributed by atoms with Crippen LogP contribution in [0.3, 0.4) is 0 Å². The van der Waals surface area contributed by atoms with Crippen LogP contribution in [0, 0.1) is 5.92 Å². The van der Waals surface area contributed by atoms with Crippen molar-refractivity contribution in [2.45, 2.75) is 13.8 Å². The summed E-state index contributed by atoms with van der Waals surface area (Å²) in [5.74, 6) is -0.526. The minimum Gasteiger partial charge on any atom is -0.481 e. The fourth-order valence-corrected chi connectivity index (χ4v) is 1.81. The number of carbonyl (C=O) groups is 1. The monoisotopic (exact) mass is 260 g/mol. The first-order valence-electron chi connectivity index (χ1n) is 6.17. The van der Waals surface area contributed by atoms with Gasteiger partial charge in [-0.1, -0.05) is 6.92 Å². The highest BCUT2D eigenvalue weighted by molar-refractivity contribution is 5.72. The molecule has 2 rings (SSSR count). The Balaban J connectivity index is 2.27. The molecule has 0 aliphatic carbocycles. The first-order chi connectivity index (χ1) is 9.11. The van der Waals surface area contributed by atoms with Crippen molar-refractivity contribution in [1.82, 2.24) is 15.0 Å². The molecule has 2 heterocycles. The number of carboxylic acids is 1. The zero-order chi connectivity index (χ0) is 13.8. The molecule has 2 aromatic heterocycles. The third-order valence-electron chi connectivity index (χ3n) is 2.94. The summed E-state index contributed by atoms with van der Waals surface area (Å²) >= 11 is 0. The molecule has 0 amide bonds. The maximum Gasteiger partial charge on any atom is 0.308 e. The first kappa shape index (κ1) is 13.2. The van der Waals surface area contributed by atoms with Crippen molar-refractivity contribution in [3.8, 4) is 0 Å². The van der Waals surface area contributed by atoms with Gasteiger partial charge in [-0.15, -0.1) is 0 Å². The quantitative estimate of drug-likeness (QED) is 0.879. The molecule has 1 N–H and O–H groups in total. The van der Waals surface area contributed by atoms with Crippen molar-refractivity contribution in [2.24, 2.45) is 5.92 Å². The average Bonchev–Trinajstić information content (AvgIpc) is 2.43. The Morgan fingerprint density at radius 2 is 2.11 bits per heavy atom. The molecule has 1 atom stereocenters. The molecule has 6 heteroatoms. The summed E-state index contributed by atoms with van der Waals surface area (Å²) in [4.78, 5) is 25.6. The van der Waals surface area contributed by atoms with Gasteiger partial charge in [-0.2, -0.15) is 0 Å². The Morgan fingerprint density at radius 3 is 2.79 bits per heavy atom. The maximum absolute atomic E-state index is 10.9. The first-order valence-corrected chi connectivity index (χ1v) is 6.17. The Labute approximate surface area is 111 Å². The Kier molecular flexibility index (Phi) is 3.89. The van der Waals surface area contributed by atoms with Crippen LogP contribution in [0.15, 0.2) is 24.5 Å². The summed E-state index contributed by atoms with van der Waals surface area (Å²) in [6, 6.07) is 3.69. The second kappa shape index (κ2) is 5.60. The van der Waals surface area contributed by atoms with Crippen LogP contribution < -0.4 is 4.90 Å². The standard InChI is InChI=1S/C13H16N4O2/c1-3-17(8-9(2)13(18)19)11-5-4-10-12(16-11)15-7-6-14-10/h4-7,9H,3,8H2,1-2H3,(H,18,19). The molecule has 6 nitrogen and oxygen atoms in total. The van der Waals surface area contributed by atoms with E-state index in [1.165, 1.54) is 0 Å². The van der Waals surface area contributed by atoms with Crippen LogP contribution in [-0.2, 0) is 4.79 Å². The molecule has 0 aromatic carbocycles. The highest BCUT2D eigenvalue weighted by Gasteiger charge is 2.16. The van der Waals surface area contributed by atoms with Gasteiger partial charge < -0.3 is 10.0 Å². The molecule has 19 heavy (non-hydrogen) atoms. The van der Waals surface area contributed by atoms with Crippen LogP contribution in [0.25, 0.3) is 11.2 Å². The van der Waals surface area contributed by atoms with Gasteiger partial charge in [-0.3, -0.25) is 9.78 Å². The predicted octanol–water partition coefficient (Wildman–Crippen LogP) is 1.57. The zero-order valence-electron chi connectivity index (χ0n) is 10.9. The van der Waals surface area contributed by atoms with Crippen molar-refractivity contribution < 1.29 is 9.90 Å². The van der Waals surface area contributed by atoms with Crippen LogP contribution in [0.1, 0.15) is 13.8 Å². The lowest BCUT2D eigenvalue weighted by Crippen LogP contribution is -2.32. The summed E-state index contributed by atoms with van der Waals surface area (Å²) in [6.45, 7) is 4.77. The number of rotatable bonds is 5. The minimum atomic E-state index is -0.806. The number of fused-ring (bicyclic) bond motifs is 1. The third kappa shape index (κ3) is 2.96. The van der Waals surface area contributed by atoms with E-state index in [9.17, 15) is 4.79 Å². The number of hydrogen-bond acceptors (Lipinski definition) is 5. The van der Waals surface area contributed by atoms with Gasteiger partial charge in [0.15, 0.2) is 5.65 Å². The van der Waals surface area contributed by atoms with Crippen molar-refractivity contribution >= 4 is 23.0 Å². The summed E-state index contributed by atoms with van der Waals surface area (Å²) in [5, 5.41) is 8.98. The molecule has 0 fully saturated rings. The summed E-state index contributed by atoms with van der Waals surface area (Å²) in [7, 11) is 0. The van der Waals surface area contributed by atoms with Crippen molar-refractivity contribution in [3.63, 3.8) is 0 Å². The van der Waals surface area contributed by atoms with Crippen LogP contribution in [0.5, 0.6) is 0 Å². The molecule has 0 aliphatic heterocycles. The van der Waals surface area contributed by atoms with Crippen molar-refractivity contribution in [3.05, 3.63) is 24.5 Å². The lowest BCUT2D eigenvalue weighted by atomic mass is 10.1. The second-order valence-electron chi connectivity index (χ2n) is 4.35. The van der Waals surface area contributed by atoms with E-state index >= 15 is 0 Å². The number of anilines is 1. The van der Waals surface area contributed by atoms with Crippen LogP contribution in [0.2, 0.25) is 0 Å². The number of nitrogens with zero attached hydrogens (tertiary/aromatic N) is 4. The van der Waals surface area contributed by atoms with Crippen molar-refractivity contribution in [2.75, 3.05) is 18.0 Å². The number of hydrogen-bond donors (Lipinski definition) is 1. The lowest BCUT2D eigenvalue weighted by molar-refractivity contribution is -0.140. The number of carboxylic acid groups (broad SMARTS) is 1. The van der Waals surface area contributed by atoms with E-state index in [4.69, 9.17) is 5.11 Å². The van der Waals surface area contributed by atoms with Crippen LogP contribution in [-0.4, -0.2) is 39.1 Å². The normalized spacial score (nSPS) is 12.3. The van der Waals surface area contributed by atoms with E-state index in [-0.39, 0.29) is 0 Å². The van der Waals surface area contributed by atoms with E-state index < -0.39 is 11.9 Å².